The fourth-order valence-electron chi connectivity index (χ4n) is 2.76. The average molecular weight is 272 g/mol. The molecule has 1 aliphatic carbocycles. The molecule has 2 heterocycles. The molecule has 0 aliphatic heterocycles. The molecule has 2 N–H and O–H groups in total. The first-order chi connectivity index (χ1) is 9.24. The van der Waals surface area contributed by atoms with E-state index in [1.165, 1.54) is 48.1 Å². The standard InChI is InChI=1S/C16H20N2S/c1-11-7-13(10-18-9-11)16(17)15-8-12-5-3-2-4-6-14(12)19-15/h7-10,16H,2-6,17H2,1H3. The highest BCUT2D eigenvalue weighted by Gasteiger charge is 2.17. The number of nitrogens with zero attached hydrogens (tertiary/aromatic N) is 1. The molecule has 1 atom stereocenters. The van der Waals surface area contributed by atoms with E-state index in [4.69, 9.17) is 5.73 Å². The van der Waals surface area contributed by atoms with Crippen LogP contribution in [0.2, 0.25) is 0 Å². The quantitative estimate of drug-likeness (QED) is 0.845. The molecule has 2 aromatic heterocycles. The second-order valence-electron chi connectivity index (χ2n) is 5.43. The van der Waals surface area contributed by atoms with Gasteiger partial charge in [0.2, 0.25) is 0 Å². The first kappa shape index (κ1) is 12.8. The zero-order valence-electron chi connectivity index (χ0n) is 11.4. The summed E-state index contributed by atoms with van der Waals surface area (Å²) in [5.74, 6) is 0. The molecule has 0 radical (unpaired) electrons. The summed E-state index contributed by atoms with van der Waals surface area (Å²) >= 11 is 1.90. The number of pyridine rings is 1. The van der Waals surface area contributed by atoms with E-state index in [1.54, 1.807) is 4.88 Å². The molecule has 19 heavy (non-hydrogen) atoms. The van der Waals surface area contributed by atoms with Crippen molar-refractivity contribution in [2.45, 2.75) is 45.1 Å². The monoisotopic (exact) mass is 272 g/mol. The van der Waals surface area contributed by atoms with E-state index in [0.29, 0.717) is 0 Å². The van der Waals surface area contributed by atoms with Gasteiger partial charge >= 0.3 is 0 Å². The number of rotatable bonds is 2. The lowest BCUT2D eigenvalue weighted by Crippen LogP contribution is -2.10. The third-order valence-corrected chi connectivity index (χ3v) is 5.15. The number of hydrogen-bond donors (Lipinski definition) is 1. The summed E-state index contributed by atoms with van der Waals surface area (Å²) in [6.07, 6.45) is 10.2. The van der Waals surface area contributed by atoms with Crippen molar-refractivity contribution >= 4 is 11.3 Å². The van der Waals surface area contributed by atoms with Gasteiger partial charge in [0.05, 0.1) is 6.04 Å². The second kappa shape index (κ2) is 5.43. The number of nitrogens with two attached hydrogens (primary N) is 1. The average Bonchev–Trinajstić information content (AvgIpc) is 2.69. The summed E-state index contributed by atoms with van der Waals surface area (Å²) in [5, 5.41) is 0. The van der Waals surface area contributed by atoms with Gasteiger partial charge in [0.15, 0.2) is 0 Å². The van der Waals surface area contributed by atoms with Gasteiger partial charge in [-0.05, 0) is 55.4 Å². The zero-order valence-corrected chi connectivity index (χ0v) is 12.2. The largest absolute Gasteiger partial charge is 0.320 e. The van der Waals surface area contributed by atoms with Gasteiger partial charge in [-0.25, -0.2) is 0 Å². The van der Waals surface area contributed by atoms with E-state index in [9.17, 15) is 0 Å². The van der Waals surface area contributed by atoms with Crippen LogP contribution in [0.25, 0.3) is 0 Å². The van der Waals surface area contributed by atoms with E-state index in [2.05, 4.69) is 24.0 Å². The summed E-state index contributed by atoms with van der Waals surface area (Å²) in [4.78, 5) is 7.10. The third kappa shape index (κ3) is 2.72. The molecule has 0 saturated carbocycles. The first-order valence-electron chi connectivity index (χ1n) is 7.02. The smallest absolute Gasteiger partial charge is 0.0661 e. The Morgan fingerprint density at radius 2 is 2.00 bits per heavy atom. The molecule has 3 rings (SSSR count). The Morgan fingerprint density at radius 3 is 2.84 bits per heavy atom. The molecule has 2 nitrogen and oxygen atoms in total. The number of aromatic nitrogens is 1. The van der Waals surface area contributed by atoms with Gasteiger partial charge in [0.1, 0.15) is 0 Å². The Morgan fingerprint density at radius 1 is 1.16 bits per heavy atom. The van der Waals surface area contributed by atoms with Gasteiger partial charge < -0.3 is 5.73 Å². The van der Waals surface area contributed by atoms with Crippen LogP contribution in [0.3, 0.4) is 0 Å². The maximum atomic E-state index is 6.41. The number of fused-ring (bicyclic) bond motifs is 1. The van der Waals surface area contributed by atoms with Crippen molar-refractivity contribution < 1.29 is 0 Å². The third-order valence-electron chi connectivity index (χ3n) is 3.83. The van der Waals surface area contributed by atoms with Crippen LogP contribution in [0, 0.1) is 6.92 Å². The predicted octanol–water partition coefficient (Wildman–Crippen LogP) is 3.77. The highest BCUT2D eigenvalue weighted by Crippen LogP contribution is 2.33. The van der Waals surface area contributed by atoms with Gasteiger partial charge in [-0.2, -0.15) is 0 Å². The summed E-state index contributed by atoms with van der Waals surface area (Å²) in [6.45, 7) is 2.06. The molecule has 0 saturated heterocycles. The van der Waals surface area contributed by atoms with Crippen LogP contribution in [-0.4, -0.2) is 4.98 Å². The van der Waals surface area contributed by atoms with Crippen LogP contribution in [-0.2, 0) is 12.8 Å². The van der Waals surface area contributed by atoms with Gasteiger partial charge in [0, 0.05) is 22.1 Å². The molecule has 100 valence electrons. The van der Waals surface area contributed by atoms with E-state index in [1.807, 2.05) is 23.7 Å². The Hall–Kier alpha value is -1.19. The SMILES string of the molecule is Cc1cncc(C(N)c2cc3c(s2)CCCCC3)c1. The van der Waals surface area contributed by atoms with Crippen molar-refractivity contribution in [3.05, 3.63) is 51.0 Å². The highest BCUT2D eigenvalue weighted by molar-refractivity contribution is 7.12. The van der Waals surface area contributed by atoms with Crippen LogP contribution in [0.15, 0.2) is 24.5 Å². The van der Waals surface area contributed by atoms with Crippen LogP contribution < -0.4 is 5.73 Å². The topological polar surface area (TPSA) is 38.9 Å². The Labute approximate surface area is 118 Å². The fraction of sp³-hybridized carbons (Fsp3) is 0.438. The number of thiophene rings is 1. The molecule has 2 aromatic rings. The van der Waals surface area contributed by atoms with E-state index in [-0.39, 0.29) is 6.04 Å². The molecule has 1 aliphatic rings. The van der Waals surface area contributed by atoms with Crippen LogP contribution in [0.1, 0.15) is 51.7 Å². The Kier molecular flexibility index (Phi) is 3.67. The van der Waals surface area contributed by atoms with E-state index >= 15 is 0 Å². The number of hydrogen-bond acceptors (Lipinski definition) is 3. The molecule has 0 aromatic carbocycles. The maximum Gasteiger partial charge on any atom is 0.0661 e. The first-order valence-corrected chi connectivity index (χ1v) is 7.84. The van der Waals surface area contributed by atoms with Gasteiger partial charge in [-0.3, -0.25) is 4.98 Å². The Bertz CT molecular complexity index is 550. The minimum atomic E-state index is -0.0238. The van der Waals surface area contributed by atoms with Gasteiger partial charge in [-0.1, -0.05) is 12.5 Å². The van der Waals surface area contributed by atoms with Crippen molar-refractivity contribution in [1.29, 1.82) is 0 Å². The summed E-state index contributed by atoms with van der Waals surface area (Å²) in [5.41, 5.74) is 10.2. The van der Waals surface area contributed by atoms with Crippen LogP contribution in [0.5, 0.6) is 0 Å². The second-order valence-corrected chi connectivity index (χ2v) is 6.60. The molecule has 3 heteroatoms. The number of aryl methyl sites for hydroxylation is 3. The molecule has 1 unspecified atom stereocenters. The minimum Gasteiger partial charge on any atom is -0.320 e. The lowest BCUT2D eigenvalue weighted by atomic mass is 10.0. The molecule has 0 fully saturated rings. The maximum absolute atomic E-state index is 6.41. The minimum absolute atomic E-state index is 0.0238. The molecular weight excluding hydrogens is 252 g/mol. The van der Waals surface area contributed by atoms with Crippen molar-refractivity contribution in [2.75, 3.05) is 0 Å². The van der Waals surface area contributed by atoms with Crippen molar-refractivity contribution in [2.24, 2.45) is 5.73 Å². The lowest BCUT2D eigenvalue weighted by molar-refractivity contribution is 0.712. The zero-order chi connectivity index (χ0) is 13.2. The van der Waals surface area contributed by atoms with Crippen molar-refractivity contribution in [3.63, 3.8) is 0 Å². The molecule has 0 amide bonds. The summed E-state index contributed by atoms with van der Waals surface area (Å²) in [6, 6.07) is 4.45. The van der Waals surface area contributed by atoms with Crippen LogP contribution >= 0.6 is 11.3 Å². The summed E-state index contributed by atoms with van der Waals surface area (Å²) in [7, 11) is 0. The molecule has 0 spiro atoms. The molecule has 0 bridgehead atoms. The van der Waals surface area contributed by atoms with Crippen molar-refractivity contribution in [3.8, 4) is 0 Å². The fourth-order valence-corrected chi connectivity index (χ4v) is 4.04. The highest BCUT2D eigenvalue weighted by atomic mass is 32.1. The Balaban J connectivity index is 1.90. The van der Waals surface area contributed by atoms with Gasteiger partial charge in [0.25, 0.3) is 0 Å². The van der Waals surface area contributed by atoms with Crippen LogP contribution in [0.4, 0.5) is 0 Å². The van der Waals surface area contributed by atoms with Crippen molar-refractivity contribution in [1.82, 2.24) is 4.98 Å². The predicted molar refractivity (Wildman–Crippen MR) is 80.6 cm³/mol. The van der Waals surface area contributed by atoms with E-state index in [0.717, 1.165) is 5.56 Å². The van der Waals surface area contributed by atoms with Gasteiger partial charge in [-0.15, -0.1) is 11.3 Å². The lowest BCUT2D eigenvalue weighted by Gasteiger charge is -2.10. The molecular formula is C16H20N2S. The normalized spacial score (nSPS) is 16.7. The van der Waals surface area contributed by atoms with E-state index < -0.39 is 0 Å². The summed E-state index contributed by atoms with van der Waals surface area (Å²) < 4.78 is 0.